The third kappa shape index (κ3) is 3.76. The van der Waals surface area contributed by atoms with Crippen molar-refractivity contribution in [2.24, 2.45) is 4.99 Å². The van der Waals surface area contributed by atoms with Crippen molar-refractivity contribution in [1.82, 2.24) is 4.57 Å². The number of allylic oxidation sites excluding steroid dienone is 1. The Labute approximate surface area is 206 Å². The van der Waals surface area contributed by atoms with Gasteiger partial charge in [-0.25, -0.2) is 4.99 Å². The smallest absolute Gasteiger partial charge is 0.308 e. The van der Waals surface area contributed by atoms with Gasteiger partial charge in [-0.15, -0.1) is 0 Å². The Bertz CT molecular complexity index is 1680. The van der Waals surface area contributed by atoms with Gasteiger partial charge in [0.15, 0.2) is 4.80 Å². The van der Waals surface area contributed by atoms with Crippen LogP contribution in [-0.2, 0) is 11.2 Å². The highest BCUT2D eigenvalue weighted by atomic mass is 32.1. The molecule has 2 heterocycles. The van der Waals surface area contributed by atoms with Crippen LogP contribution >= 0.6 is 11.3 Å². The lowest BCUT2D eigenvalue weighted by Gasteiger charge is -2.30. The summed E-state index contributed by atoms with van der Waals surface area (Å²) >= 11 is 1.37. The topological polar surface area (TPSA) is 60.7 Å². The van der Waals surface area contributed by atoms with Gasteiger partial charge in [0.05, 0.1) is 16.3 Å². The van der Waals surface area contributed by atoms with E-state index in [9.17, 15) is 9.59 Å². The second-order valence-corrected chi connectivity index (χ2v) is 9.66. The number of carbonyl (C=O) groups excluding carboxylic acids is 1. The number of fused-ring (bicyclic) bond motifs is 3. The molecular weight excluding hydrogens is 456 g/mol. The van der Waals surface area contributed by atoms with Gasteiger partial charge in [0.25, 0.3) is 5.56 Å². The Kier molecular flexibility index (Phi) is 5.30. The second kappa shape index (κ2) is 8.64. The predicted molar refractivity (Wildman–Crippen MR) is 137 cm³/mol. The van der Waals surface area contributed by atoms with E-state index >= 15 is 0 Å². The van der Waals surface area contributed by atoms with Crippen LogP contribution in [0.2, 0.25) is 0 Å². The fourth-order valence-electron chi connectivity index (χ4n) is 4.95. The average Bonchev–Trinajstić information content (AvgIpc) is 3.18. The Morgan fingerprint density at radius 3 is 2.57 bits per heavy atom. The van der Waals surface area contributed by atoms with Crippen molar-refractivity contribution in [3.05, 3.63) is 126 Å². The number of nitrogens with zero attached hydrogens (tertiary/aromatic N) is 2. The molecule has 2 aliphatic rings. The molecular formula is C29H22N2O3S. The van der Waals surface area contributed by atoms with Crippen LogP contribution in [-0.4, -0.2) is 10.5 Å². The van der Waals surface area contributed by atoms with Crippen molar-refractivity contribution in [2.45, 2.75) is 25.8 Å². The lowest BCUT2D eigenvalue weighted by Crippen LogP contribution is -2.38. The minimum Gasteiger partial charge on any atom is -0.426 e. The molecule has 3 aromatic carbocycles. The standard InChI is InChI=1S/C29H22N2O3S/c1-18(32)34-24-14-8-6-12-21(24)17-25-28(33)31-27(20-10-3-2-4-11-20)23-16-15-19-9-5-7-13-22(19)26(23)30-29(31)35-25/h2-14,17,27H,15-16H2,1H3/b25-17+/t27-/m0/s1. The number of aromatic nitrogens is 1. The van der Waals surface area contributed by atoms with E-state index in [1.165, 1.54) is 29.4 Å². The van der Waals surface area contributed by atoms with Gasteiger partial charge in [0.2, 0.25) is 0 Å². The van der Waals surface area contributed by atoms with E-state index in [4.69, 9.17) is 9.73 Å². The third-order valence-corrected chi connectivity index (χ3v) is 7.43. The zero-order valence-corrected chi connectivity index (χ0v) is 19.9. The largest absolute Gasteiger partial charge is 0.426 e. The first-order valence-corrected chi connectivity index (χ1v) is 12.4. The summed E-state index contributed by atoms with van der Waals surface area (Å²) in [6.45, 7) is 1.37. The Balaban J connectivity index is 1.60. The lowest BCUT2D eigenvalue weighted by atomic mass is 9.83. The van der Waals surface area contributed by atoms with Crippen LogP contribution < -0.4 is 19.6 Å². The molecule has 172 valence electrons. The van der Waals surface area contributed by atoms with Crippen LogP contribution in [0.5, 0.6) is 5.75 Å². The number of esters is 1. The number of ether oxygens (including phenoxy) is 1. The van der Waals surface area contributed by atoms with E-state index in [2.05, 4.69) is 30.3 Å². The van der Waals surface area contributed by atoms with Crippen LogP contribution in [0.3, 0.4) is 0 Å². The molecule has 0 radical (unpaired) electrons. The molecule has 0 saturated carbocycles. The van der Waals surface area contributed by atoms with Gasteiger partial charge < -0.3 is 4.74 Å². The number of rotatable bonds is 3. The highest BCUT2D eigenvalue weighted by Crippen LogP contribution is 2.41. The number of carbonyl (C=O) groups is 1. The van der Waals surface area contributed by atoms with Gasteiger partial charge in [-0.1, -0.05) is 84.1 Å². The summed E-state index contributed by atoms with van der Waals surface area (Å²) < 4.78 is 7.74. The van der Waals surface area contributed by atoms with Crippen molar-refractivity contribution < 1.29 is 9.53 Å². The molecule has 35 heavy (non-hydrogen) atoms. The van der Waals surface area contributed by atoms with Crippen molar-refractivity contribution in [3.63, 3.8) is 0 Å². The van der Waals surface area contributed by atoms with E-state index in [0.29, 0.717) is 20.6 Å². The Morgan fingerprint density at radius 2 is 1.74 bits per heavy atom. The third-order valence-electron chi connectivity index (χ3n) is 6.45. The number of para-hydroxylation sites is 1. The summed E-state index contributed by atoms with van der Waals surface area (Å²) in [6.07, 6.45) is 3.57. The average molecular weight is 479 g/mol. The molecule has 4 aromatic rings. The first-order valence-electron chi connectivity index (χ1n) is 11.6. The normalized spacial score (nSPS) is 16.7. The number of thiazole rings is 1. The van der Waals surface area contributed by atoms with E-state index in [1.54, 1.807) is 18.2 Å². The van der Waals surface area contributed by atoms with Gasteiger partial charge in [-0.2, -0.15) is 0 Å². The summed E-state index contributed by atoms with van der Waals surface area (Å²) in [6, 6.07) is 25.6. The molecule has 1 aliphatic carbocycles. The maximum Gasteiger partial charge on any atom is 0.308 e. The minimum atomic E-state index is -0.400. The van der Waals surface area contributed by atoms with Crippen LogP contribution in [0.4, 0.5) is 0 Å². The first-order chi connectivity index (χ1) is 17.1. The fraction of sp³-hybridized carbons (Fsp3) is 0.138. The zero-order chi connectivity index (χ0) is 23.9. The maximum atomic E-state index is 13.8. The van der Waals surface area contributed by atoms with Gasteiger partial charge in [0, 0.05) is 18.1 Å². The van der Waals surface area contributed by atoms with Crippen molar-refractivity contribution in [2.75, 3.05) is 0 Å². The summed E-state index contributed by atoms with van der Waals surface area (Å²) in [5, 5.41) is 0. The molecule has 6 heteroatoms. The molecule has 0 spiro atoms. The molecule has 0 unspecified atom stereocenters. The second-order valence-electron chi connectivity index (χ2n) is 8.66. The number of aryl methyl sites for hydroxylation is 1. The summed E-state index contributed by atoms with van der Waals surface area (Å²) in [5.74, 6) is 0.0291. The molecule has 1 aromatic heterocycles. The van der Waals surface area contributed by atoms with Crippen LogP contribution in [0.15, 0.2) is 94.2 Å². The predicted octanol–water partition coefficient (Wildman–Crippen LogP) is 4.24. The molecule has 0 bridgehead atoms. The summed E-state index contributed by atoms with van der Waals surface area (Å²) in [7, 11) is 0. The molecule has 5 nitrogen and oxygen atoms in total. The monoisotopic (exact) mass is 478 g/mol. The van der Waals surface area contributed by atoms with Crippen molar-refractivity contribution in [3.8, 4) is 5.75 Å². The van der Waals surface area contributed by atoms with E-state index in [0.717, 1.165) is 29.7 Å². The van der Waals surface area contributed by atoms with Crippen molar-refractivity contribution in [1.29, 1.82) is 0 Å². The molecule has 0 fully saturated rings. The van der Waals surface area contributed by atoms with E-state index in [-0.39, 0.29) is 11.6 Å². The lowest BCUT2D eigenvalue weighted by molar-refractivity contribution is -0.131. The van der Waals surface area contributed by atoms with Crippen molar-refractivity contribution >= 4 is 29.1 Å². The molecule has 0 saturated heterocycles. The number of benzene rings is 3. The zero-order valence-electron chi connectivity index (χ0n) is 19.1. The Morgan fingerprint density at radius 1 is 1.00 bits per heavy atom. The molecule has 1 aliphatic heterocycles. The highest BCUT2D eigenvalue weighted by molar-refractivity contribution is 7.07. The quantitative estimate of drug-likeness (QED) is 0.327. The maximum absolute atomic E-state index is 13.8. The molecule has 1 atom stereocenters. The SMILES string of the molecule is CC(=O)Oc1ccccc1/C=c1/sc2n(c1=O)[C@@H](c1ccccc1)C1=C(N=2)c2ccccc2CC1. The first kappa shape index (κ1) is 21.5. The fourth-order valence-corrected chi connectivity index (χ4v) is 5.94. The highest BCUT2D eigenvalue weighted by Gasteiger charge is 2.32. The van der Waals surface area contributed by atoms with E-state index < -0.39 is 5.97 Å². The van der Waals surface area contributed by atoms with Crippen LogP contribution in [0, 0.1) is 0 Å². The molecule has 6 rings (SSSR count). The number of hydrogen-bond acceptors (Lipinski definition) is 5. The molecule has 0 amide bonds. The summed E-state index contributed by atoms with van der Waals surface area (Å²) in [5.41, 5.74) is 6.25. The Hall–Kier alpha value is -4.03. The van der Waals surface area contributed by atoms with Gasteiger partial charge >= 0.3 is 5.97 Å². The number of hydrogen-bond donors (Lipinski definition) is 0. The van der Waals surface area contributed by atoms with Crippen LogP contribution in [0.25, 0.3) is 11.8 Å². The van der Waals surface area contributed by atoms with Gasteiger partial charge in [-0.3, -0.25) is 14.2 Å². The minimum absolute atomic E-state index is 0.0920. The van der Waals surface area contributed by atoms with Gasteiger partial charge in [0.1, 0.15) is 5.75 Å². The summed E-state index contributed by atoms with van der Waals surface area (Å²) in [4.78, 5) is 31.1. The van der Waals surface area contributed by atoms with E-state index in [1.807, 2.05) is 41.0 Å². The molecule has 0 N–H and O–H groups in total. The van der Waals surface area contributed by atoms with Crippen LogP contribution in [0.1, 0.15) is 41.6 Å². The van der Waals surface area contributed by atoms with Gasteiger partial charge in [-0.05, 0) is 41.7 Å².